The van der Waals surface area contributed by atoms with E-state index in [0.29, 0.717) is 12.2 Å². The van der Waals surface area contributed by atoms with Gasteiger partial charge in [-0.3, -0.25) is 9.78 Å². The molecule has 1 aromatic heterocycles. The van der Waals surface area contributed by atoms with Gasteiger partial charge in [-0.05, 0) is 19.1 Å². The van der Waals surface area contributed by atoms with Crippen LogP contribution in [-0.4, -0.2) is 48.3 Å². The molecule has 0 saturated heterocycles. The first-order valence-electron chi connectivity index (χ1n) is 5.81. The van der Waals surface area contributed by atoms with Crippen molar-refractivity contribution >= 4 is 17.6 Å². The lowest BCUT2D eigenvalue weighted by atomic mass is 10.2. The topological polar surface area (TPSA) is 101 Å². The molecule has 0 spiro atoms. The first kappa shape index (κ1) is 14.9. The van der Waals surface area contributed by atoms with E-state index in [1.165, 1.54) is 19.4 Å². The number of rotatable bonds is 6. The Labute approximate surface area is 111 Å². The zero-order valence-corrected chi connectivity index (χ0v) is 10.8. The van der Waals surface area contributed by atoms with E-state index in [-0.39, 0.29) is 11.6 Å². The second-order valence-corrected chi connectivity index (χ2v) is 3.69. The molecular weight excluding hydrogens is 250 g/mol. The summed E-state index contributed by atoms with van der Waals surface area (Å²) in [5.74, 6) is -0.886. The van der Waals surface area contributed by atoms with E-state index in [9.17, 15) is 9.59 Å². The highest BCUT2D eigenvalue weighted by atomic mass is 16.5. The predicted molar refractivity (Wildman–Crippen MR) is 68.8 cm³/mol. The fourth-order valence-corrected chi connectivity index (χ4v) is 1.42. The van der Waals surface area contributed by atoms with Gasteiger partial charge in [0.1, 0.15) is 11.7 Å². The van der Waals surface area contributed by atoms with Crippen molar-refractivity contribution in [2.45, 2.75) is 13.0 Å². The number of hydrogen-bond acceptors (Lipinski definition) is 6. The van der Waals surface area contributed by atoms with Crippen molar-refractivity contribution < 1.29 is 19.4 Å². The van der Waals surface area contributed by atoms with E-state index >= 15 is 0 Å². The van der Waals surface area contributed by atoms with E-state index in [4.69, 9.17) is 5.11 Å². The number of nitrogens with zero attached hydrogens (tertiary/aromatic N) is 1. The number of aliphatic hydroxyl groups excluding tert-OH is 1. The van der Waals surface area contributed by atoms with Gasteiger partial charge in [-0.2, -0.15) is 0 Å². The minimum Gasteiger partial charge on any atom is -0.467 e. The Morgan fingerprint density at radius 1 is 1.53 bits per heavy atom. The highest BCUT2D eigenvalue weighted by Crippen LogP contribution is 2.10. The molecule has 7 heteroatoms. The molecule has 7 nitrogen and oxygen atoms in total. The molecule has 1 unspecified atom stereocenters. The molecule has 0 saturated carbocycles. The molecular formula is C12H17N3O4. The van der Waals surface area contributed by atoms with Crippen LogP contribution in [0.3, 0.4) is 0 Å². The standard InChI is InChI=1S/C12H17N3O4/c1-3-13-11(17)9-6-8(4-5-14-9)15-10(7-16)12(18)19-2/h4-6,10,16H,3,7H2,1-2H3,(H,13,17)(H,14,15). The van der Waals surface area contributed by atoms with E-state index in [1.807, 2.05) is 0 Å². The molecule has 0 aliphatic heterocycles. The third-order valence-corrected chi connectivity index (χ3v) is 2.34. The quantitative estimate of drug-likeness (QED) is 0.616. The third kappa shape index (κ3) is 4.22. The minimum atomic E-state index is -0.880. The average Bonchev–Trinajstić information content (AvgIpc) is 2.44. The molecule has 0 aliphatic carbocycles. The Bertz CT molecular complexity index is 450. The van der Waals surface area contributed by atoms with Gasteiger partial charge in [0.25, 0.3) is 5.91 Å². The van der Waals surface area contributed by atoms with Crippen LogP contribution in [0.4, 0.5) is 5.69 Å². The number of nitrogens with one attached hydrogen (secondary N) is 2. The summed E-state index contributed by atoms with van der Waals surface area (Å²) in [6.45, 7) is 1.89. The Balaban J connectivity index is 2.81. The maximum atomic E-state index is 11.6. The molecule has 0 aliphatic rings. The Hall–Kier alpha value is -2.15. The monoisotopic (exact) mass is 267 g/mol. The first-order valence-corrected chi connectivity index (χ1v) is 5.81. The molecule has 1 heterocycles. The van der Waals surface area contributed by atoms with Gasteiger partial charge >= 0.3 is 5.97 Å². The summed E-state index contributed by atoms with van der Waals surface area (Å²) >= 11 is 0. The summed E-state index contributed by atoms with van der Waals surface area (Å²) in [6.07, 6.45) is 1.44. The molecule has 0 radical (unpaired) electrons. The summed E-state index contributed by atoms with van der Waals surface area (Å²) in [5.41, 5.74) is 0.731. The molecule has 1 amide bonds. The van der Waals surface area contributed by atoms with Gasteiger partial charge in [0.2, 0.25) is 0 Å². The number of carbonyl (C=O) groups excluding carboxylic acids is 2. The van der Waals surface area contributed by atoms with Gasteiger partial charge in [-0.25, -0.2) is 4.79 Å². The van der Waals surface area contributed by atoms with Crippen LogP contribution in [0.25, 0.3) is 0 Å². The lowest BCUT2D eigenvalue weighted by molar-refractivity contribution is -0.142. The highest BCUT2D eigenvalue weighted by Gasteiger charge is 2.18. The predicted octanol–water partition coefficient (Wildman–Crippen LogP) is -0.223. The second kappa shape index (κ2) is 7.32. The fraction of sp³-hybridized carbons (Fsp3) is 0.417. The third-order valence-electron chi connectivity index (χ3n) is 2.34. The number of ether oxygens (including phenoxy) is 1. The van der Waals surface area contributed by atoms with Crippen molar-refractivity contribution in [3.63, 3.8) is 0 Å². The summed E-state index contributed by atoms with van der Waals surface area (Å²) in [5, 5.41) is 14.5. The van der Waals surface area contributed by atoms with E-state index in [1.54, 1.807) is 13.0 Å². The molecule has 0 aromatic carbocycles. The van der Waals surface area contributed by atoms with Crippen LogP contribution in [0.15, 0.2) is 18.3 Å². The number of anilines is 1. The van der Waals surface area contributed by atoms with E-state index in [2.05, 4.69) is 20.4 Å². The summed E-state index contributed by atoms with van der Waals surface area (Å²) in [7, 11) is 1.24. The smallest absolute Gasteiger partial charge is 0.330 e. The second-order valence-electron chi connectivity index (χ2n) is 3.69. The molecule has 1 atom stereocenters. The number of aliphatic hydroxyl groups is 1. The Morgan fingerprint density at radius 3 is 2.84 bits per heavy atom. The molecule has 1 aromatic rings. The summed E-state index contributed by atoms with van der Waals surface area (Å²) in [4.78, 5) is 26.9. The molecule has 1 rings (SSSR count). The molecule has 104 valence electrons. The maximum Gasteiger partial charge on any atom is 0.330 e. The maximum absolute atomic E-state index is 11.6. The van der Waals surface area contributed by atoms with Gasteiger partial charge < -0.3 is 20.5 Å². The highest BCUT2D eigenvalue weighted by molar-refractivity contribution is 5.93. The van der Waals surface area contributed by atoms with Gasteiger partial charge in [0.05, 0.1) is 13.7 Å². The number of carbonyl (C=O) groups is 2. The number of amides is 1. The van der Waals surface area contributed by atoms with Crippen LogP contribution in [0.1, 0.15) is 17.4 Å². The molecule has 19 heavy (non-hydrogen) atoms. The number of aromatic nitrogens is 1. The largest absolute Gasteiger partial charge is 0.467 e. The van der Waals surface area contributed by atoms with Gasteiger partial charge in [0, 0.05) is 18.4 Å². The Morgan fingerprint density at radius 2 is 2.26 bits per heavy atom. The van der Waals surface area contributed by atoms with Crippen molar-refractivity contribution in [3.8, 4) is 0 Å². The molecule has 0 fully saturated rings. The normalized spacial score (nSPS) is 11.5. The van der Waals surface area contributed by atoms with Gasteiger partial charge in [-0.1, -0.05) is 0 Å². The number of hydrogen-bond donors (Lipinski definition) is 3. The van der Waals surface area contributed by atoms with Crippen LogP contribution >= 0.6 is 0 Å². The van der Waals surface area contributed by atoms with E-state index < -0.39 is 18.6 Å². The van der Waals surface area contributed by atoms with Crippen molar-refractivity contribution in [2.75, 3.05) is 25.6 Å². The van der Waals surface area contributed by atoms with Crippen LogP contribution in [0.2, 0.25) is 0 Å². The minimum absolute atomic E-state index is 0.230. The number of esters is 1. The summed E-state index contributed by atoms with van der Waals surface area (Å²) in [6, 6.07) is 2.21. The van der Waals surface area contributed by atoms with Crippen molar-refractivity contribution in [2.24, 2.45) is 0 Å². The molecule has 0 bridgehead atoms. The number of methoxy groups -OCH3 is 1. The van der Waals surface area contributed by atoms with Crippen LogP contribution < -0.4 is 10.6 Å². The van der Waals surface area contributed by atoms with Gasteiger partial charge in [0.15, 0.2) is 0 Å². The van der Waals surface area contributed by atoms with Crippen molar-refractivity contribution in [1.29, 1.82) is 0 Å². The first-order chi connectivity index (χ1) is 9.12. The number of pyridine rings is 1. The average molecular weight is 267 g/mol. The lowest BCUT2D eigenvalue weighted by Gasteiger charge is -2.15. The van der Waals surface area contributed by atoms with Crippen LogP contribution in [-0.2, 0) is 9.53 Å². The SMILES string of the molecule is CCNC(=O)c1cc(NC(CO)C(=O)OC)ccn1. The Kier molecular flexibility index (Phi) is 5.74. The van der Waals surface area contributed by atoms with Gasteiger partial charge in [-0.15, -0.1) is 0 Å². The zero-order chi connectivity index (χ0) is 14.3. The van der Waals surface area contributed by atoms with E-state index in [0.717, 1.165) is 0 Å². The lowest BCUT2D eigenvalue weighted by Crippen LogP contribution is -2.34. The van der Waals surface area contributed by atoms with Crippen LogP contribution in [0.5, 0.6) is 0 Å². The fourth-order valence-electron chi connectivity index (χ4n) is 1.42. The zero-order valence-electron chi connectivity index (χ0n) is 10.8. The molecule has 3 N–H and O–H groups in total. The summed E-state index contributed by atoms with van der Waals surface area (Å²) < 4.78 is 4.54. The van der Waals surface area contributed by atoms with Crippen molar-refractivity contribution in [3.05, 3.63) is 24.0 Å². The van der Waals surface area contributed by atoms with Crippen molar-refractivity contribution in [1.82, 2.24) is 10.3 Å². The van der Waals surface area contributed by atoms with Crippen LogP contribution in [0, 0.1) is 0 Å².